The lowest BCUT2D eigenvalue weighted by Gasteiger charge is -2.39. The number of ether oxygens (including phenoxy) is 1. The van der Waals surface area contributed by atoms with Crippen molar-refractivity contribution in [1.82, 2.24) is 26.4 Å². The summed E-state index contributed by atoms with van der Waals surface area (Å²) < 4.78 is 19.0. The fraction of sp³-hybridized carbons (Fsp3) is 0.875. The lowest BCUT2D eigenvalue weighted by atomic mass is 9.82. The normalized spacial score (nSPS) is 38.7. The van der Waals surface area contributed by atoms with E-state index in [4.69, 9.17) is 16.3 Å². The molecule has 8 nitrogen and oxygen atoms in total. The Bertz CT molecular complexity index is 514. The van der Waals surface area contributed by atoms with Crippen LogP contribution >= 0.6 is 11.6 Å². The van der Waals surface area contributed by atoms with E-state index in [2.05, 4.69) is 26.4 Å². The highest BCUT2D eigenvalue weighted by Gasteiger charge is 2.45. The van der Waals surface area contributed by atoms with Crippen LogP contribution in [0, 0.1) is 5.92 Å². The molecule has 6 atom stereocenters. The summed E-state index contributed by atoms with van der Waals surface area (Å²) in [5.41, 5.74) is 6.21. The lowest BCUT2D eigenvalue weighted by Crippen LogP contribution is -2.64. The van der Waals surface area contributed by atoms with Crippen molar-refractivity contribution in [3.8, 4) is 0 Å². The summed E-state index contributed by atoms with van der Waals surface area (Å²) in [5.74, 6) is -2.03. The fourth-order valence-corrected chi connectivity index (χ4v) is 4.28. The maximum absolute atomic E-state index is 14.3. The van der Waals surface area contributed by atoms with E-state index in [0.717, 1.165) is 26.2 Å². The summed E-state index contributed by atoms with van der Waals surface area (Å²) in [4.78, 5) is 26.9. The SMILES string of the molecule is COC(=O)C1C(F)CCC(Cl)C1NC(=O)C1CCC(N2CCNC2)NN1. The first-order chi connectivity index (χ1) is 12.5. The van der Waals surface area contributed by atoms with Gasteiger partial charge in [-0.1, -0.05) is 0 Å². The van der Waals surface area contributed by atoms with Crippen molar-refractivity contribution in [1.29, 1.82) is 0 Å². The van der Waals surface area contributed by atoms with Gasteiger partial charge in [0.2, 0.25) is 5.91 Å². The number of nitrogens with one attached hydrogen (secondary N) is 4. The van der Waals surface area contributed by atoms with Gasteiger partial charge < -0.3 is 15.4 Å². The van der Waals surface area contributed by atoms with Crippen molar-refractivity contribution < 1.29 is 18.7 Å². The largest absolute Gasteiger partial charge is 0.469 e. The molecule has 2 saturated heterocycles. The Morgan fingerprint density at radius 2 is 2.04 bits per heavy atom. The molecule has 0 radical (unpaired) electrons. The molecule has 0 aromatic heterocycles. The zero-order valence-electron chi connectivity index (χ0n) is 14.8. The number of nitrogens with zero attached hydrogens (tertiary/aromatic N) is 1. The number of methoxy groups -OCH3 is 1. The molecule has 2 aliphatic heterocycles. The van der Waals surface area contributed by atoms with Gasteiger partial charge in [-0.2, -0.15) is 0 Å². The summed E-state index contributed by atoms with van der Waals surface area (Å²) in [5, 5.41) is 5.55. The monoisotopic (exact) mass is 391 g/mol. The molecule has 6 unspecified atom stereocenters. The van der Waals surface area contributed by atoms with Crippen molar-refractivity contribution in [2.75, 3.05) is 26.9 Å². The van der Waals surface area contributed by atoms with Crippen LogP contribution in [0.5, 0.6) is 0 Å². The van der Waals surface area contributed by atoms with E-state index in [9.17, 15) is 14.0 Å². The first-order valence-corrected chi connectivity index (χ1v) is 9.57. The highest BCUT2D eigenvalue weighted by molar-refractivity contribution is 6.21. The Kier molecular flexibility index (Phi) is 6.68. The molecule has 0 spiro atoms. The second-order valence-corrected chi connectivity index (χ2v) is 7.66. The predicted molar refractivity (Wildman–Crippen MR) is 93.9 cm³/mol. The molecule has 10 heteroatoms. The van der Waals surface area contributed by atoms with Crippen molar-refractivity contribution in [2.24, 2.45) is 5.92 Å². The van der Waals surface area contributed by atoms with E-state index in [1.807, 2.05) is 0 Å². The number of carbonyl (C=O) groups is 2. The van der Waals surface area contributed by atoms with Crippen LogP contribution in [0.2, 0.25) is 0 Å². The quantitative estimate of drug-likeness (QED) is 0.377. The molecule has 2 heterocycles. The molecule has 26 heavy (non-hydrogen) atoms. The van der Waals surface area contributed by atoms with Gasteiger partial charge in [0.1, 0.15) is 18.1 Å². The first kappa shape index (κ1) is 19.8. The number of carbonyl (C=O) groups excluding carboxylic acids is 2. The van der Waals surface area contributed by atoms with E-state index < -0.39 is 35.5 Å². The third kappa shape index (κ3) is 4.28. The predicted octanol–water partition coefficient (Wildman–Crippen LogP) is -0.555. The molecule has 3 fully saturated rings. The van der Waals surface area contributed by atoms with E-state index in [1.165, 1.54) is 7.11 Å². The maximum atomic E-state index is 14.3. The lowest BCUT2D eigenvalue weighted by molar-refractivity contribution is -0.150. The molecule has 0 aromatic carbocycles. The minimum absolute atomic E-state index is 0.169. The third-order valence-electron chi connectivity index (χ3n) is 5.47. The summed E-state index contributed by atoms with van der Waals surface area (Å²) in [6.45, 7) is 2.75. The van der Waals surface area contributed by atoms with Gasteiger partial charge in [0.05, 0.1) is 24.7 Å². The van der Waals surface area contributed by atoms with Crippen LogP contribution in [0.15, 0.2) is 0 Å². The average molecular weight is 392 g/mol. The van der Waals surface area contributed by atoms with Crippen molar-refractivity contribution in [3.05, 3.63) is 0 Å². The molecular weight excluding hydrogens is 365 g/mol. The first-order valence-electron chi connectivity index (χ1n) is 9.13. The van der Waals surface area contributed by atoms with E-state index in [0.29, 0.717) is 12.8 Å². The van der Waals surface area contributed by atoms with Crippen LogP contribution in [0.4, 0.5) is 4.39 Å². The van der Waals surface area contributed by atoms with Crippen LogP contribution < -0.4 is 21.5 Å². The average Bonchev–Trinajstić information content (AvgIpc) is 3.19. The number of esters is 1. The summed E-state index contributed by atoms with van der Waals surface area (Å²) in [6, 6.07) is -1.23. The van der Waals surface area contributed by atoms with Crippen molar-refractivity contribution in [3.63, 3.8) is 0 Å². The molecular formula is C16H27ClFN5O3. The summed E-state index contributed by atoms with van der Waals surface area (Å²) in [7, 11) is 1.21. The second kappa shape index (κ2) is 8.79. The van der Waals surface area contributed by atoms with Crippen molar-refractivity contribution >= 4 is 23.5 Å². The topological polar surface area (TPSA) is 94.7 Å². The van der Waals surface area contributed by atoms with Gasteiger partial charge in [-0.05, 0) is 25.7 Å². The van der Waals surface area contributed by atoms with Crippen LogP contribution in [0.25, 0.3) is 0 Å². The van der Waals surface area contributed by atoms with Crippen LogP contribution in [-0.4, -0.2) is 73.4 Å². The highest BCUT2D eigenvalue weighted by Crippen LogP contribution is 2.32. The van der Waals surface area contributed by atoms with Gasteiger partial charge in [-0.25, -0.2) is 15.2 Å². The number of amides is 1. The van der Waals surface area contributed by atoms with Crippen LogP contribution in [-0.2, 0) is 14.3 Å². The molecule has 4 N–H and O–H groups in total. The summed E-state index contributed by atoms with van der Waals surface area (Å²) in [6.07, 6.45) is 0.848. The van der Waals surface area contributed by atoms with Crippen LogP contribution in [0.1, 0.15) is 25.7 Å². The number of rotatable bonds is 4. The van der Waals surface area contributed by atoms with Gasteiger partial charge in [-0.15, -0.1) is 11.6 Å². The summed E-state index contributed by atoms with van der Waals surface area (Å²) >= 11 is 6.30. The number of hydrogen-bond acceptors (Lipinski definition) is 7. The molecule has 3 rings (SSSR count). The zero-order chi connectivity index (χ0) is 18.7. The standard InChI is InChI=1S/C16H27ClFN5O3/c1-26-16(25)13-10(18)3-2-9(17)14(13)20-15(24)11-4-5-12(22-21-11)23-7-6-19-8-23/h9-14,19,21-22H,2-8H2,1H3,(H,20,24). The number of hydrazine groups is 1. The Morgan fingerprint density at radius 3 is 2.65 bits per heavy atom. The number of halogens is 2. The molecule has 1 amide bonds. The van der Waals surface area contributed by atoms with E-state index in [1.54, 1.807) is 0 Å². The van der Waals surface area contributed by atoms with E-state index >= 15 is 0 Å². The smallest absolute Gasteiger partial charge is 0.313 e. The Morgan fingerprint density at radius 1 is 1.23 bits per heavy atom. The fourth-order valence-electron chi connectivity index (χ4n) is 3.93. The molecule has 1 saturated carbocycles. The third-order valence-corrected chi connectivity index (χ3v) is 5.96. The molecule has 3 aliphatic rings. The van der Waals surface area contributed by atoms with Gasteiger partial charge in [0.15, 0.2) is 0 Å². The zero-order valence-corrected chi connectivity index (χ0v) is 15.6. The minimum atomic E-state index is -1.37. The van der Waals surface area contributed by atoms with Crippen molar-refractivity contribution in [2.45, 2.75) is 55.5 Å². The molecule has 148 valence electrons. The maximum Gasteiger partial charge on any atom is 0.313 e. The molecule has 0 aromatic rings. The molecule has 1 aliphatic carbocycles. The molecule has 0 bridgehead atoms. The number of alkyl halides is 2. The van der Waals surface area contributed by atoms with Crippen LogP contribution in [0.3, 0.4) is 0 Å². The Balaban J connectivity index is 1.56. The minimum Gasteiger partial charge on any atom is -0.469 e. The number of hydrogen-bond donors (Lipinski definition) is 4. The second-order valence-electron chi connectivity index (χ2n) is 7.10. The van der Waals surface area contributed by atoms with Gasteiger partial charge >= 0.3 is 5.97 Å². The Hall–Kier alpha value is -1.00. The van der Waals surface area contributed by atoms with Gasteiger partial charge in [0.25, 0.3) is 0 Å². The van der Waals surface area contributed by atoms with E-state index in [-0.39, 0.29) is 18.5 Å². The highest BCUT2D eigenvalue weighted by atomic mass is 35.5. The van der Waals surface area contributed by atoms with Gasteiger partial charge in [-0.3, -0.25) is 14.5 Å². The van der Waals surface area contributed by atoms with Gasteiger partial charge in [0, 0.05) is 19.8 Å². The Labute approximate surface area is 157 Å².